The minimum Gasteiger partial charge on any atom is -0.467 e. The van der Waals surface area contributed by atoms with Crippen molar-refractivity contribution in [3.8, 4) is 0 Å². The molecule has 0 bridgehead atoms. The summed E-state index contributed by atoms with van der Waals surface area (Å²) < 4.78 is 10.2. The fraction of sp³-hybridized carbons (Fsp3) is 0.375. The van der Waals surface area contributed by atoms with Crippen LogP contribution in [-0.4, -0.2) is 17.9 Å². The predicted molar refractivity (Wildman–Crippen MR) is 80.0 cm³/mol. The fourth-order valence-electron chi connectivity index (χ4n) is 2.05. The number of hydrogen-bond acceptors (Lipinski definition) is 4. The number of carbonyl (C=O) groups is 2. The van der Waals surface area contributed by atoms with E-state index in [1.54, 1.807) is 30.5 Å². The van der Waals surface area contributed by atoms with Gasteiger partial charge in [0, 0.05) is 0 Å². The zero-order valence-electron chi connectivity index (χ0n) is 12.7. The predicted octanol–water partition coefficient (Wildman–Crippen LogP) is 2.33. The molecular weight excluding hydrogens is 284 g/mol. The molecular formula is C16H20N2O4. The van der Waals surface area contributed by atoms with Gasteiger partial charge in [-0.15, -0.1) is 0 Å². The van der Waals surface area contributed by atoms with Crippen LogP contribution in [0.3, 0.4) is 0 Å². The molecule has 0 radical (unpaired) electrons. The van der Waals surface area contributed by atoms with Gasteiger partial charge in [0.15, 0.2) is 5.76 Å². The van der Waals surface area contributed by atoms with E-state index in [4.69, 9.17) is 8.83 Å². The molecule has 2 N–H and O–H groups in total. The second-order valence-electron chi connectivity index (χ2n) is 5.43. The van der Waals surface area contributed by atoms with Gasteiger partial charge in [-0.3, -0.25) is 9.59 Å². The Labute approximate surface area is 128 Å². The third-order valence-corrected chi connectivity index (χ3v) is 3.09. The number of amides is 2. The highest BCUT2D eigenvalue weighted by atomic mass is 16.3. The first kappa shape index (κ1) is 15.9. The Morgan fingerprint density at radius 2 is 1.86 bits per heavy atom. The van der Waals surface area contributed by atoms with Crippen molar-refractivity contribution in [2.45, 2.75) is 32.9 Å². The van der Waals surface area contributed by atoms with E-state index in [1.165, 1.54) is 6.26 Å². The van der Waals surface area contributed by atoms with E-state index in [1.807, 2.05) is 13.8 Å². The minimum atomic E-state index is -0.618. The molecule has 22 heavy (non-hydrogen) atoms. The second kappa shape index (κ2) is 7.49. The summed E-state index contributed by atoms with van der Waals surface area (Å²) in [5.41, 5.74) is 0. The molecule has 0 saturated heterocycles. The van der Waals surface area contributed by atoms with Crippen molar-refractivity contribution in [3.63, 3.8) is 0 Å². The van der Waals surface area contributed by atoms with Gasteiger partial charge < -0.3 is 19.5 Å². The number of furan rings is 2. The minimum absolute atomic E-state index is 0.188. The van der Waals surface area contributed by atoms with Gasteiger partial charge in [-0.05, 0) is 36.6 Å². The van der Waals surface area contributed by atoms with Crippen molar-refractivity contribution in [1.82, 2.24) is 10.6 Å². The van der Waals surface area contributed by atoms with Gasteiger partial charge in [-0.25, -0.2) is 0 Å². The molecule has 1 atom stereocenters. The summed E-state index contributed by atoms with van der Waals surface area (Å²) in [5.74, 6) is 0.465. The molecule has 0 fully saturated rings. The first-order valence-corrected chi connectivity index (χ1v) is 7.20. The van der Waals surface area contributed by atoms with Crippen LogP contribution in [0.4, 0.5) is 0 Å². The molecule has 0 aromatic carbocycles. The van der Waals surface area contributed by atoms with Gasteiger partial charge in [0.1, 0.15) is 11.8 Å². The van der Waals surface area contributed by atoms with Crippen molar-refractivity contribution < 1.29 is 18.4 Å². The first-order valence-electron chi connectivity index (χ1n) is 7.20. The Kier molecular flexibility index (Phi) is 5.41. The lowest BCUT2D eigenvalue weighted by atomic mass is 10.0. The highest BCUT2D eigenvalue weighted by molar-refractivity contribution is 5.95. The molecule has 2 heterocycles. The lowest BCUT2D eigenvalue weighted by Crippen LogP contribution is -2.47. The third-order valence-electron chi connectivity index (χ3n) is 3.09. The normalized spacial score (nSPS) is 12.1. The highest BCUT2D eigenvalue weighted by Crippen LogP contribution is 2.08. The number of rotatable bonds is 7. The molecule has 0 aliphatic rings. The van der Waals surface area contributed by atoms with Crippen LogP contribution in [-0.2, 0) is 11.3 Å². The molecule has 0 unspecified atom stereocenters. The lowest BCUT2D eigenvalue weighted by molar-refractivity contribution is -0.123. The maximum Gasteiger partial charge on any atom is 0.287 e. The molecule has 2 amide bonds. The molecule has 2 aromatic heterocycles. The van der Waals surface area contributed by atoms with E-state index in [9.17, 15) is 9.59 Å². The summed E-state index contributed by atoms with van der Waals surface area (Å²) in [5, 5.41) is 5.47. The van der Waals surface area contributed by atoms with E-state index in [-0.39, 0.29) is 24.1 Å². The van der Waals surface area contributed by atoms with Gasteiger partial charge in [0.25, 0.3) is 5.91 Å². The van der Waals surface area contributed by atoms with Gasteiger partial charge in [-0.2, -0.15) is 0 Å². The monoisotopic (exact) mass is 304 g/mol. The molecule has 2 rings (SSSR count). The Bertz CT molecular complexity index is 588. The van der Waals surface area contributed by atoms with Gasteiger partial charge in [0.05, 0.1) is 19.1 Å². The Balaban J connectivity index is 1.95. The summed E-state index contributed by atoms with van der Waals surface area (Å²) in [7, 11) is 0. The maximum atomic E-state index is 12.3. The molecule has 0 spiro atoms. The smallest absolute Gasteiger partial charge is 0.287 e. The Morgan fingerprint density at radius 3 is 2.45 bits per heavy atom. The average molecular weight is 304 g/mol. The van der Waals surface area contributed by atoms with Crippen molar-refractivity contribution in [2.24, 2.45) is 5.92 Å². The van der Waals surface area contributed by atoms with Crippen molar-refractivity contribution in [3.05, 3.63) is 48.3 Å². The van der Waals surface area contributed by atoms with E-state index in [2.05, 4.69) is 10.6 Å². The molecule has 6 nitrogen and oxygen atoms in total. The van der Waals surface area contributed by atoms with Crippen LogP contribution in [0.25, 0.3) is 0 Å². The molecule has 0 aliphatic heterocycles. The molecule has 2 aromatic rings. The number of carbonyl (C=O) groups excluding carboxylic acids is 2. The van der Waals surface area contributed by atoms with Crippen LogP contribution in [0.2, 0.25) is 0 Å². The summed E-state index contributed by atoms with van der Waals surface area (Å²) in [4.78, 5) is 24.3. The third kappa shape index (κ3) is 4.51. The largest absolute Gasteiger partial charge is 0.467 e. The first-order chi connectivity index (χ1) is 10.6. The van der Waals surface area contributed by atoms with E-state index in [0.29, 0.717) is 12.2 Å². The van der Waals surface area contributed by atoms with Crippen molar-refractivity contribution in [1.29, 1.82) is 0 Å². The molecule has 0 aliphatic carbocycles. The summed E-state index contributed by atoms with van der Waals surface area (Å²) in [6.07, 6.45) is 3.51. The van der Waals surface area contributed by atoms with E-state index >= 15 is 0 Å². The van der Waals surface area contributed by atoms with Crippen LogP contribution in [0.1, 0.15) is 36.6 Å². The van der Waals surface area contributed by atoms with Crippen LogP contribution in [0.15, 0.2) is 45.6 Å². The Morgan fingerprint density at radius 1 is 1.14 bits per heavy atom. The molecule has 0 saturated carbocycles. The molecule has 6 heteroatoms. The summed E-state index contributed by atoms with van der Waals surface area (Å²) in [6.45, 7) is 4.27. The SMILES string of the molecule is CC(C)C[C@@H](NC(=O)c1ccco1)C(=O)NCc1ccco1. The highest BCUT2D eigenvalue weighted by Gasteiger charge is 2.23. The van der Waals surface area contributed by atoms with Crippen molar-refractivity contribution in [2.75, 3.05) is 0 Å². The second-order valence-corrected chi connectivity index (χ2v) is 5.43. The van der Waals surface area contributed by atoms with E-state index < -0.39 is 11.9 Å². The lowest BCUT2D eigenvalue weighted by Gasteiger charge is -2.19. The Hall–Kier alpha value is -2.50. The fourth-order valence-corrected chi connectivity index (χ4v) is 2.05. The van der Waals surface area contributed by atoms with Crippen LogP contribution >= 0.6 is 0 Å². The van der Waals surface area contributed by atoms with Crippen LogP contribution < -0.4 is 10.6 Å². The van der Waals surface area contributed by atoms with Gasteiger partial charge in [0.2, 0.25) is 5.91 Å². The standard InChI is InChI=1S/C16H20N2O4/c1-11(2)9-13(18-16(20)14-6-4-8-22-14)15(19)17-10-12-5-3-7-21-12/h3-8,11,13H,9-10H2,1-2H3,(H,17,19)(H,18,20)/t13-/m1/s1. The molecule has 118 valence electrons. The topological polar surface area (TPSA) is 84.5 Å². The van der Waals surface area contributed by atoms with E-state index in [0.717, 1.165) is 0 Å². The zero-order valence-corrected chi connectivity index (χ0v) is 12.7. The van der Waals surface area contributed by atoms with Gasteiger partial charge >= 0.3 is 0 Å². The summed E-state index contributed by atoms with van der Waals surface area (Å²) in [6, 6.07) is 6.10. The summed E-state index contributed by atoms with van der Waals surface area (Å²) >= 11 is 0. The quantitative estimate of drug-likeness (QED) is 0.822. The van der Waals surface area contributed by atoms with Crippen molar-refractivity contribution >= 4 is 11.8 Å². The van der Waals surface area contributed by atoms with Crippen LogP contribution in [0.5, 0.6) is 0 Å². The zero-order chi connectivity index (χ0) is 15.9. The maximum absolute atomic E-state index is 12.3. The van der Waals surface area contributed by atoms with Crippen LogP contribution in [0, 0.1) is 5.92 Å². The van der Waals surface area contributed by atoms with Gasteiger partial charge in [-0.1, -0.05) is 13.8 Å². The average Bonchev–Trinajstić information content (AvgIpc) is 3.16. The number of hydrogen-bond donors (Lipinski definition) is 2. The number of nitrogens with one attached hydrogen (secondary N) is 2.